The van der Waals surface area contributed by atoms with Gasteiger partial charge in [0, 0.05) is 17.6 Å². The number of rotatable bonds is 4. The molecule has 1 aliphatic heterocycles. The summed E-state index contributed by atoms with van der Waals surface area (Å²) >= 11 is 0. The van der Waals surface area contributed by atoms with Crippen molar-refractivity contribution in [2.24, 2.45) is 5.92 Å². The molecule has 2 aliphatic rings. The molecule has 142 valence electrons. The fourth-order valence-corrected chi connectivity index (χ4v) is 3.23. The predicted octanol–water partition coefficient (Wildman–Crippen LogP) is 1.98. The SMILES string of the molecule is C=C1C(=O)O[C@@H]2/C=C(/CO)CC/C=C(\C)C[C@@H](OC(=O)/C(C)=C/CO)[C@@H]12. The van der Waals surface area contributed by atoms with Crippen LogP contribution in [0.1, 0.15) is 33.1 Å². The number of hydrogen-bond donors (Lipinski definition) is 2. The van der Waals surface area contributed by atoms with Crippen LogP contribution in [0.2, 0.25) is 0 Å². The smallest absolute Gasteiger partial charge is 0.334 e. The van der Waals surface area contributed by atoms with E-state index in [0.29, 0.717) is 18.4 Å². The summed E-state index contributed by atoms with van der Waals surface area (Å²) in [5.74, 6) is -1.58. The Morgan fingerprint density at radius 2 is 2.19 bits per heavy atom. The van der Waals surface area contributed by atoms with Crippen molar-refractivity contribution >= 4 is 11.9 Å². The maximum Gasteiger partial charge on any atom is 0.334 e. The van der Waals surface area contributed by atoms with Crippen molar-refractivity contribution in [2.45, 2.75) is 45.3 Å². The highest BCUT2D eigenvalue weighted by Crippen LogP contribution is 2.36. The van der Waals surface area contributed by atoms with E-state index in [9.17, 15) is 14.7 Å². The molecule has 26 heavy (non-hydrogen) atoms. The number of aliphatic hydroxyl groups excluding tert-OH is 2. The Kier molecular flexibility index (Phi) is 6.94. The summed E-state index contributed by atoms with van der Waals surface area (Å²) in [6, 6.07) is 0. The molecule has 0 aromatic rings. The molecule has 0 aromatic carbocycles. The second-order valence-electron chi connectivity index (χ2n) is 6.71. The van der Waals surface area contributed by atoms with Gasteiger partial charge in [0.15, 0.2) is 0 Å². The van der Waals surface area contributed by atoms with Crippen LogP contribution in [0.4, 0.5) is 0 Å². The van der Waals surface area contributed by atoms with Crippen LogP contribution >= 0.6 is 0 Å². The Bertz CT molecular complexity index is 670. The van der Waals surface area contributed by atoms with E-state index < -0.39 is 30.1 Å². The normalized spacial score (nSPS) is 31.2. The summed E-state index contributed by atoms with van der Waals surface area (Å²) in [5, 5.41) is 18.5. The summed E-state index contributed by atoms with van der Waals surface area (Å²) in [4.78, 5) is 24.4. The van der Waals surface area contributed by atoms with Crippen molar-refractivity contribution in [3.8, 4) is 0 Å². The lowest BCUT2D eigenvalue weighted by Crippen LogP contribution is -2.33. The van der Waals surface area contributed by atoms with Crippen molar-refractivity contribution in [3.05, 3.63) is 47.1 Å². The molecular formula is C20H26O6. The summed E-state index contributed by atoms with van der Waals surface area (Å²) in [7, 11) is 0. The highest BCUT2D eigenvalue weighted by atomic mass is 16.6. The van der Waals surface area contributed by atoms with Gasteiger partial charge >= 0.3 is 11.9 Å². The molecule has 1 aliphatic carbocycles. The third kappa shape index (κ3) is 4.71. The third-order valence-electron chi connectivity index (χ3n) is 4.72. The Labute approximate surface area is 153 Å². The first-order chi connectivity index (χ1) is 12.4. The van der Waals surface area contributed by atoms with Gasteiger partial charge < -0.3 is 19.7 Å². The van der Waals surface area contributed by atoms with Crippen LogP contribution in [-0.2, 0) is 19.1 Å². The third-order valence-corrected chi connectivity index (χ3v) is 4.72. The van der Waals surface area contributed by atoms with Gasteiger partial charge in [-0.15, -0.1) is 0 Å². The number of carbonyl (C=O) groups excluding carboxylic acids is 2. The number of carbonyl (C=O) groups is 2. The standard InChI is InChI=1S/C20H26O6/c1-12-5-4-6-15(11-22)10-17-18(14(3)20(24)26-17)16(9-12)25-19(23)13(2)7-8-21/h5,7,10,16-18,21-22H,3-4,6,8-9,11H2,1-2H3/b12-5+,13-7+,15-10+/t16-,17-,18-/m1/s1. The second kappa shape index (κ2) is 8.96. The van der Waals surface area contributed by atoms with Gasteiger partial charge in [0.25, 0.3) is 0 Å². The molecule has 0 unspecified atom stereocenters. The second-order valence-corrected chi connectivity index (χ2v) is 6.71. The summed E-state index contributed by atoms with van der Waals surface area (Å²) < 4.78 is 11.1. The van der Waals surface area contributed by atoms with E-state index in [1.165, 1.54) is 6.08 Å². The molecule has 2 rings (SSSR count). The molecule has 6 heteroatoms. The van der Waals surface area contributed by atoms with Crippen LogP contribution in [0.5, 0.6) is 0 Å². The van der Waals surface area contributed by atoms with Gasteiger partial charge in [-0.3, -0.25) is 0 Å². The molecule has 0 radical (unpaired) electrons. The van der Waals surface area contributed by atoms with Gasteiger partial charge in [0.2, 0.25) is 0 Å². The number of esters is 2. The molecule has 1 heterocycles. The minimum absolute atomic E-state index is 0.122. The first-order valence-electron chi connectivity index (χ1n) is 8.71. The zero-order valence-corrected chi connectivity index (χ0v) is 15.2. The fourth-order valence-electron chi connectivity index (χ4n) is 3.23. The quantitative estimate of drug-likeness (QED) is 0.451. The minimum Gasteiger partial charge on any atom is -0.458 e. The van der Waals surface area contributed by atoms with Crippen molar-refractivity contribution in [3.63, 3.8) is 0 Å². The molecule has 0 aromatic heterocycles. The average Bonchev–Trinajstić information content (AvgIpc) is 2.87. The van der Waals surface area contributed by atoms with Crippen LogP contribution in [0.25, 0.3) is 0 Å². The van der Waals surface area contributed by atoms with E-state index in [4.69, 9.17) is 14.6 Å². The molecule has 1 fully saturated rings. The lowest BCUT2D eigenvalue weighted by atomic mass is 9.85. The van der Waals surface area contributed by atoms with Crippen molar-refractivity contribution in [1.29, 1.82) is 0 Å². The zero-order chi connectivity index (χ0) is 19.3. The van der Waals surface area contributed by atoms with Gasteiger partial charge in [0.05, 0.1) is 19.1 Å². The highest BCUT2D eigenvalue weighted by Gasteiger charge is 2.44. The van der Waals surface area contributed by atoms with Crippen LogP contribution < -0.4 is 0 Å². The maximum absolute atomic E-state index is 12.3. The van der Waals surface area contributed by atoms with Crippen LogP contribution in [0.15, 0.2) is 47.1 Å². The van der Waals surface area contributed by atoms with Gasteiger partial charge in [-0.05, 0) is 44.4 Å². The maximum atomic E-state index is 12.3. The van der Waals surface area contributed by atoms with Crippen LogP contribution in [0, 0.1) is 5.92 Å². The van der Waals surface area contributed by atoms with Crippen molar-refractivity contribution < 1.29 is 29.3 Å². The number of ether oxygens (including phenoxy) is 2. The molecule has 6 nitrogen and oxygen atoms in total. The lowest BCUT2D eigenvalue weighted by Gasteiger charge is -2.27. The van der Waals surface area contributed by atoms with E-state index in [1.807, 2.05) is 13.0 Å². The first-order valence-corrected chi connectivity index (χ1v) is 8.71. The van der Waals surface area contributed by atoms with E-state index in [1.54, 1.807) is 13.0 Å². The van der Waals surface area contributed by atoms with Gasteiger partial charge in [-0.1, -0.05) is 18.2 Å². The van der Waals surface area contributed by atoms with Gasteiger partial charge in [-0.2, -0.15) is 0 Å². The number of fused-ring (bicyclic) bond motifs is 1. The zero-order valence-electron chi connectivity index (χ0n) is 15.2. The molecule has 0 saturated carbocycles. The van der Waals surface area contributed by atoms with E-state index >= 15 is 0 Å². The van der Waals surface area contributed by atoms with Crippen LogP contribution in [-0.4, -0.2) is 47.6 Å². The molecule has 0 spiro atoms. The molecule has 0 amide bonds. The Morgan fingerprint density at radius 1 is 1.46 bits per heavy atom. The van der Waals surface area contributed by atoms with Gasteiger partial charge in [-0.25, -0.2) is 9.59 Å². The summed E-state index contributed by atoms with van der Waals surface area (Å²) in [6.45, 7) is 6.95. The van der Waals surface area contributed by atoms with E-state index in [0.717, 1.165) is 17.6 Å². The highest BCUT2D eigenvalue weighted by molar-refractivity contribution is 5.92. The Hall–Kier alpha value is -2.18. The van der Waals surface area contributed by atoms with E-state index in [-0.39, 0.29) is 18.8 Å². The largest absolute Gasteiger partial charge is 0.458 e. The molecule has 0 bridgehead atoms. The van der Waals surface area contributed by atoms with Gasteiger partial charge in [0.1, 0.15) is 12.2 Å². The van der Waals surface area contributed by atoms with Crippen molar-refractivity contribution in [1.82, 2.24) is 0 Å². The van der Waals surface area contributed by atoms with Crippen molar-refractivity contribution in [2.75, 3.05) is 13.2 Å². The minimum atomic E-state index is -0.626. The fraction of sp³-hybridized carbons (Fsp3) is 0.500. The van der Waals surface area contributed by atoms with Crippen LogP contribution in [0.3, 0.4) is 0 Å². The Morgan fingerprint density at radius 3 is 2.85 bits per heavy atom. The summed E-state index contributed by atoms with van der Waals surface area (Å²) in [6.07, 6.45) is 5.78. The number of hydrogen-bond acceptors (Lipinski definition) is 6. The molecule has 2 N–H and O–H groups in total. The summed E-state index contributed by atoms with van der Waals surface area (Å²) in [5.41, 5.74) is 2.36. The number of aliphatic hydroxyl groups is 2. The monoisotopic (exact) mass is 362 g/mol. The topological polar surface area (TPSA) is 93.1 Å². The van der Waals surface area contributed by atoms with E-state index in [2.05, 4.69) is 6.58 Å². The average molecular weight is 362 g/mol. The molecular weight excluding hydrogens is 336 g/mol. The lowest BCUT2D eigenvalue weighted by molar-refractivity contribution is -0.147. The number of allylic oxidation sites excluding steroid dienone is 1. The predicted molar refractivity (Wildman–Crippen MR) is 96.0 cm³/mol. The molecule has 1 saturated heterocycles. The first kappa shape index (κ1) is 20.1. The molecule has 3 atom stereocenters. The Balaban J connectivity index is 2.38.